The van der Waals surface area contributed by atoms with Crippen molar-refractivity contribution >= 4 is 5.78 Å². The summed E-state index contributed by atoms with van der Waals surface area (Å²) in [5.74, 6) is 1.67. The number of fused-ring (bicyclic) bond motifs is 1. The molecule has 2 aliphatic rings. The molecule has 3 atom stereocenters. The first-order chi connectivity index (χ1) is 13.0. The molecule has 0 radical (unpaired) electrons. The minimum atomic E-state index is -0.232. The molecule has 0 spiro atoms. The van der Waals surface area contributed by atoms with Gasteiger partial charge in [-0.05, 0) is 67.5 Å². The van der Waals surface area contributed by atoms with E-state index >= 15 is 0 Å². The highest BCUT2D eigenvalue weighted by atomic mass is 19.1. The highest BCUT2D eigenvalue weighted by Gasteiger charge is 2.42. The lowest BCUT2D eigenvalue weighted by molar-refractivity contribution is 0.0936. The molecule has 1 unspecified atom stereocenters. The summed E-state index contributed by atoms with van der Waals surface area (Å²) in [4.78, 5) is 14.6. The number of halogens is 1. The summed E-state index contributed by atoms with van der Waals surface area (Å²) >= 11 is 0. The molecule has 1 saturated heterocycles. The van der Waals surface area contributed by atoms with Crippen molar-refractivity contribution in [2.75, 3.05) is 19.6 Å². The van der Waals surface area contributed by atoms with E-state index in [1.54, 1.807) is 37.3 Å². The molecule has 5 heteroatoms. The molecule has 0 amide bonds. The maximum Gasteiger partial charge on any atom is 0.176 e. The topological polar surface area (TPSA) is 49.8 Å². The normalized spacial score (nSPS) is 24.7. The van der Waals surface area contributed by atoms with Crippen LogP contribution >= 0.6 is 0 Å². The van der Waals surface area contributed by atoms with Crippen LogP contribution in [0, 0.1) is 24.6 Å². The van der Waals surface area contributed by atoms with Crippen molar-refractivity contribution < 1.29 is 19.0 Å². The van der Waals surface area contributed by atoms with Crippen LogP contribution in [0.3, 0.4) is 0 Å². The van der Waals surface area contributed by atoms with Gasteiger partial charge in [0.1, 0.15) is 17.3 Å². The number of rotatable bonds is 5. The first kappa shape index (κ1) is 18.0. The van der Waals surface area contributed by atoms with Gasteiger partial charge >= 0.3 is 0 Å². The van der Waals surface area contributed by atoms with Gasteiger partial charge in [0.15, 0.2) is 5.78 Å². The molecule has 2 fully saturated rings. The molecule has 1 aliphatic heterocycles. The molecule has 1 N–H and O–H groups in total. The van der Waals surface area contributed by atoms with Crippen molar-refractivity contribution in [1.29, 1.82) is 0 Å². The molecule has 142 valence electrons. The van der Waals surface area contributed by atoms with E-state index in [-0.39, 0.29) is 23.5 Å². The molecular formula is C22H24FNO3. The molecule has 4 rings (SSSR count). The zero-order valence-corrected chi connectivity index (χ0v) is 15.4. The number of phenolic OH excluding ortho intramolecular Hbond substituents is 1. The third-order valence-corrected chi connectivity index (χ3v) is 5.79. The third-order valence-electron chi connectivity index (χ3n) is 5.79. The number of carbonyl (C=O) groups is 1. The van der Waals surface area contributed by atoms with Gasteiger partial charge in [0.25, 0.3) is 0 Å². The molecule has 27 heavy (non-hydrogen) atoms. The molecule has 0 aromatic heterocycles. The lowest BCUT2D eigenvalue weighted by Gasteiger charge is -2.19. The SMILES string of the molecule is Cc1ccc(OC2C[C@@H]3CN(CC(=O)c4ccc(O)cc4)C[C@@H]3C2)cc1F. The zero-order valence-electron chi connectivity index (χ0n) is 15.4. The van der Waals surface area contributed by atoms with E-state index in [1.165, 1.54) is 6.07 Å². The Morgan fingerprint density at radius 1 is 1.15 bits per heavy atom. The van der Waals surface area contributed by atoms with Gasteiger partial charge in [-0.2, -0.15) is 0 Å². The van der Waals surface area contributed by atoms with Gasteiger partial charge in [-0.1, -0.05) is 6.07 Å². The van der Waals surface area contributed by atoms with Crippen LogP contribution in [-0.2, 0) is 0 Å². The summed E-state index contributed by atoms with van der Waals surface area (Å²) in [6.07, 6.45) is 2.02. The maximum absolute atomic E-state index is 13.7. The number of benzene rings is 2. The van der Waals surface area contributed by atoms with Gasteiger partial charge < -0.3 is 9.84 Å². The molecule has 2 aromatic rings. The van der Waals surface area contributed by atoms with E-state index in [0.717, 1.165) is 25.9 Å². The van der Waals surface area contributed by atoms with E-state index in [0.29, 0.717) is 35.3 Å². The van der Waals surface area contributed by atoms with Crippen molar-refractivity contribution in [2.24, 2.45) is 11.8 Å². The monoisotopic (exact) mass is 369 g/mol. The Balaban J connectivity index is 1.29. The number of phenols is 1. The van der Waals surface area contributed by atoms with Gasteiger partial charge in [-0.15, -0.1) is 0 Å². The predicted molar refractivity (Wildman–Crippen MR) is 101 cm³/mol. The largest absolute Gasteiger partial charge is 0.508 e. The highest BCUT2D eigenvalue weighted by Crippen LogP contribution is 2.39. The Morgan fingerprint density at radius 3 is 2.44 bits per heavy atom. The first-order valence-corrected chi connectivity index (χ1v) is 9.45. The van der Waals surface area contributed by atoms with E-state index in [4.69, 9.17) is 4.74 Å². The second-order valence-corrected chi connectivity index (χ2v) is 7.81. The Kier molecular flexibility index (Phi) is 4.87. The van der Waals surface area contributed by atoms with Gasteiger partial charge in [0.2, 0.25) is 0 Å². The number of hydrogen-bond acceptors (Lipinski definition) is 4. The van der Waals surface area contributed by atoms with Crippen LogP contribution in [0.1, 0.15) is 28.8 Å². The molecule has 1 heterocycles. The van der Waals surface area contributed by atoms with E-state index < -0.39 is 0 Å². The quantitative estimate of drug-likeness (QED) is 0.815. The van der Waals surface area contributed by atoms with Crippen LogP contribution in [-0.4, -0.2) is 41.5 Å². The van der Waals surface area contributed by atoms with E-state index in [2.05, 4.69) is 4.90 Å². The lowest BCUT2D eigenvalue weighted by Crippen LogP contribution is -2.30. The van der Waals surface area contributed by atoms with Crippen LogP contribution in [0.2, 0.25) is 0 Å². The van der Waals surface area contributed by atoms with Crippen LogP contribution in [0.4, 0.5) is 4.39 Å². The minimum absolute atomic E-state index is 0.0814. The minimum Gasteiger partial charge on any atom is -0.508 e. The van der Waals surface area contributed by atoms with Crippen molar-refractivity contribution in [1.82, 2.24) is 4.90 Å². The summed E-state index contributed by atoms with van der Waals surface area (Å²) < 4.78 is 19.7. The fraction of sp³-hybridized carbons (Fsp3) is 0.409. The van der Waals surface area contributed by atoms with Crippen molar-refractivity contribution in [3.8, 4) is 11.5 Å². The molecule has 0 bridgehead atoms. The van der Waals surface area contributed by atoms with Gasteiger partial charge in [0, 0.05) is 24.7 Å². The van der Waals surface area contributed by atoms with E-state index in [1.807, 2.05) is 6.07 Å². The number of ketones is 1. The van der Waals surface area contributed by atoms with Crippen LogP contribution in [0.15, 0.2) is 42.5 Å². The zero-order chi connectivity index (χ0) is 19.0. The third kappa shape index (κ3) is 3.98. The average Bonchev–Trinajstić information content (AvgIpc) is 3.16. The predicted octanol–water partition coefficient (Wildman–Crippen LogP) is 3.81. The Labute approximate surface area is 158 Å². The fourth-order valence-electron chi connectivity index (χ4n) is 4.35. The molecule has 1 saturated carbocycles. The number of likely N-dealkylation sites (tertiary alicyclic amines) is 1. The molecule has 4 nitrogen and oxygen atoms in total. The van der Waals surface area contributed by atoms with Crippen LogP contribution < -0.4 is 4.74 Å². The van der Waals surface area contributed by atoms with Crippen LogP contribution in [0.25, 0.3) is 0 Å². The van der Waals surface area contributed by atoms with Crippen molar-refractivity contribution in [2.45, 2.75) is 25.9 Å². The highest BCUT2D eigenvalue weighted by molar-refractivity contribution is 5.97. The number of Topliss-reactive ketones (excluding diaryl/α,β-unsaturated/α-hetero) is 1. The van der Waals surface area contributed by atoms with Gasteiger partial charge in [-0.3, -0.25) is 9.69 Å². The van der Waals surface area contributed by atoms with Gasteiger partial charge in [-0.25, -0.2) is 4.39 Å². The summed E-state index contributed by atoms with van der Waals surface area (Å²) in [6.45, 7) is 3.95. The Morgan fingerprint density at radius 2 is 1.81 bits per heavy atom. The van der Waals surface area contributed by atoms with Crippen molar-refractivity contribution in [3.05, 3.63) is 59.4 Å². The smallest absolute Gasteiger partial charge is 0.176 e. The average molecular weight is 369 g/mol. The van der Waals surface area contributed by atoms with Gasteiger partial charge in [0.05, 0.1) is 12.6 Å². The summed E-state index contributed by atoms with van der Waals surface area (Å²) in [6, 6.07) is 11.5. The Bertz CT molecular complexity index is 822. The second-order valence-electron chi connectivity index (χ2n) is 7.81. The number of aromatic hydroxyl groups is 1. The molecule has 2 aromatic carbocycles. The Hall–Kier alpha value is -2.40. The number of ether oxygens (including phenoxy) is 1. The number of nitrogens with zero attached hydrogens (tertiary/aromatic N) is 1. The molecule has 1 aliphatic carbocycles. The summed E-state index contributed by atoms with van der Waals surface area (Å²) in [7, 11) is 0. The lowest BCUT2D eigenvalue weighted by atomic mass is 10.0. The standard InChI is InChI=1S/C22H24FNO3/c1-14-2-7-19(10-21(14)23)27-20-8-16-11-24(12-17(16)9-20)13-22(26)15-3-5-18(25)6-4-15/h2-7,10,16-17,20,25H,8-9,11-13H2,1H3/t16-,17+,20?. The number of hydrogen-bond donors (Lipinski definition) is 1. The first-order valence-electron chi connectivity index (χ1n) is 9.45. The van der Waals surface area contributed by atoms with Crippen LogP contribution in [0.5, 0.6) is 11.5 Å². The summed E-state index contributed by atoms with van der Waals surface area (Å²) in [5, 5.41) is 9.34. The maximum atomic E-state index is 13.7. The van der Waals surface area contributed by atoms with E-state index in [9.17, 15) is 14.3 Å². The molecular weight excluding hydrogens is 345 g/mol. The van der Waals surface area contributed by atoms with Crippen molar-refractivity contribution in [3.63, 3.8) is 0 Å². The number of carbonyl (C=O) groups excluding carboxylic acids is 1. The summed E-state index contributed by atoms with van der Waals surface area (Å²) in [5.41, 5.74) is 1.26. The fourth-order valence-corrected chi connectivity index (χ4v) is 4.35. The second kappa shape index (κ2) is 7.31. The number of aryl methyl sites for hydroxylation is 1.